The minimum atomic E-state index is -0.693. The van der Waals surface area contributed by atoms with Gasteiger partial charge in [-0.05, 0) is 31.2 Å². The van der Waals surface area contributed by atoms with Gasteiger partial charge in [-0.2, -0.15) is 5.26 Å². The summed E-state index contributed by atoms with van der Waals surface area (Å²) in [6, 6.07) is 12.2. The Hall–Kier alpha value is -2.71. The molecule has 1 aliphatic heterocycles. The van der Waals surface area contributed by atoms with Gasteiger partial charge in [-0.1, -0.05) is 6.07 Å². The van der Waals surface area contributed by atoms with E-state index in [-0.39, 0.29) is 6.79 Å². The first-order valence-electron chi connectivity index (χ1n) is 6.47. The van der Waals surface area contributed by atoms with Crippen LogP contribution in [0.3, 0.4) is 0 Å². The second-order valence-electron chi connectivity index (χ2n) is 4.66. The Kier molecular flexibility index (Phi) is 3.38. The van der Waals surface area contributed by atoms with Crippen molar-refractivity contribution < 1.29 is 19.3 Å². The fourth-order valence-electron chi connectivity index (χ4n) is 2.10. The second-order valence-corrected chi connectivity index (χ2v) is 4.66. The molecule has 0 radical (unpaired) electrons. The first-order chi connectivity index (χ1) is 10.2. The minimum absolute atomic E-state index is 0.196. The highest BCUT2D eigenvalue weighted by molar-refractivity contribution is 5.50. The molecule has 5 heteroatoms. The Morgan fingerprint density at radius 3 is 2.76 bits per heavy atom. The molecule has 0 aliphatic carbocycles. The lowest BCUT2D eigenvalue weighted by atomic mass is 10.1. The smallest absolute Gasteiger partial charge is 0.231 e. The number of hydrogen-bond acceptors (Lipinski definition) is 5. The van der Waals surface area contributed by atoms with Gasteiger partial charge in [0.25, 0.3) is 0 Å². The van der Waals surface area contributed by atoms with Crippen LogP contribution in [0, 0.1) is 11.3 Å². The van der Waals surface area contributed by atoms with Crippen LogP contribution >= 0.6 is 0 Å². The fourth-order valence-corrected chi connectivity index (χ4v) is 2.10. The van der Waals surface area contributed by atoms with Crippen LogP contribution in [0.4, 0.5) is 0 Å². The second kappa shape index (κ2) is 5.35. The Morgan fingerprint density at radius 2 is 2.00 bits per heavy atom. The molecular formula is C16H13NO4. The van der Waals surface area contributed by atoms with E-state index in [2.05, 4.69) is 6.07 Å². The Bertz CT molecular complexity index is 719. The lowest BCUT2D eigenvalue weighted by Gasteiger charge is -2.13. The van der Waals surface area contributed by atoms with Crippen molar-refractivity contribution in [2.24, 2.45) is 0 Å². The van der Waals surface area contributed by atoms with Crippen molar-refractivity contribution in [1.82, 2.24) is 0 Å². The van der Waals surface area contributed by atoms with E-state index in [4.69, 9.17) is 19.5 Å². The lowest BCUT2D eigenvalue weighted by Crippen LogP contribution is -1.97. The first-order valence-corrected chi connectivity index (χ1v) is 6.47. The zero-order chi connectivity index (χ0) is 14.8. The van der Waals surface area contributed by atoms with E-state index >= 15 is 0 Å². The third-order valence-corrected chi connectivity index (χ3v) is 3.16. The van der Waals surface area contributed by atoms with Gasteiger partial charge < -0.3 is 19.3 Å². The van der Waals surface area contributed by atoms with E-state index in [0.717, 1.165) is 0 Å². The van der Waals surface area contributed by atoms with E-state index in [9.17, 15) is 5.11 Å². The molecular weight excluding hydrogens is 270 g/mol. The van der Waals surface area contributed by atoms with Crippen LogP contribution in [0.15, 0.2) is 36.4 Å². The van der Waals surface area contributed by atoms with Crippen LogP contribution in [0.25, 0.3) is 0 Å². The SMILES string of the molecule is C[C@H](O)c1ccc(C#N)cc1Oc1ccc2c(c1)OCO2. The lowest BCUT2D eigenvalue weighted by molar-refractivity contribution is 0.174. The normalized spacial score (nSPS) is 13.6. The van der Waals surface area contributed by atoms with Crippen LogP contribution < -0.4 is 14.2 Å². The van der Waals surface area contributed by atoms with Crippen LogP contribution in [-0.2, 0) is 0 Å². The van der Waals surface area contributed by atoms with Gasteiger partial charge in [0.15, 0.2) is 11.5 Å². The van der Waals surface area contributed by atoms with Gasteiger partial charge in [0.05, 0.1) is 17.7 Å². The maximum Gasteiger partial charge on any atom is 0.231 e. The van der Waals surface area contributed by atoms with Crippen molar-refractivity contribution in [2.75, 3.05) is 6.79 Å². The van der Waals surface area contributed by atoms with E-state index in [1.807, 2.05) is 0 Å². The van der Waals surface area contributed by atoms with Crippen LogP contribution in [0.2, 0.25) is 0 Å². The largest absolute Gasteiger partial charge is 0.457 e. The van der Waals surface area contributed by atoms with Crippen molar-refractivity contribution in [3.63, 3.8) is 0 Å². The molecule has 1 N–H and O–H groups in total. The van der Waals surface area contributed by atoms with E-state index < -0.39 is 6.10 Å². The van der Waals surface area contributed by atoms with Crippen molar-refractivity contribution in [2.45, 2.75) is 13.0 Å². The van der Waals surface area contributed by atoms with Crippen LogP contribution in [0.1, 0.15) is 24.2 Å². The Labute approximate surface area is 121 Å². The monoisotopic (exact) mass is 283 g/mol. The molecule has 0 fully saturated rings. The number of nitrogens with zero attached hydrogens (tertiary/aromatic N) is 1. The summed E-state index contributed by atoms with van der Waals surface area (Å²) in [5, 5.41) is 18.8. The summed E-state index contributed by atoms with van der Waals surface area (Å²) in [6.07, 6.45) is -0.693. The third kappa shape index (κ3) is 2.62. The molecule has 1 heterocycles. The van der Waals surface area contributed by atoms with Gasteiger partial charge in [-0.3, -0.25) is 0 Å². The highest BCUT2D eigenvalue weighted by Crippen LogP contribution is 2.38. The van der Waals surface area contributed by atoms with E-state index in [1.165, 1.54) is 0 Å². The maximum atomic E-state index is 9.79. The van der Waals surface area contributed by atoms with Gasteiger partial charge in [0.1, 0.15) is 11.5 Å². The van der Waals surface area contributed by atoms with Gasteiger partial charge in [0, 0.05) is 11.6 Å². The van der Waals surface area contributed by atoms with E-state index in [1.54, 1.807) is 43.3 Å². The molecule has 0 spiro atoms. The summed E-state index contributed by atoms with van der Waals surface area (Å²) in [5.74, 6) is 2.28. The van der Waals surface area contributed by atoms with Gasteiger partial charge >= 0.3 is 0 Å². The summed E-state index contributed by atoms with van der Waals surface area (Å²) in [4.78, 5) is 0. The molecule has 3 rings (SSSR count). The van der Waals surface area contributed by atoms with Crippen LogP contribution in [-0.4, -0.2) is 11.9 Å². The molecule has 21 heavy (non-hydrogen) atoms. The molecule has 1 atom stereocenters. The number of ether oxygens (including phenoxy) is 3. The first kappa shape index (κ1) is 13.3. The molecule has 106 valence electrons. The van der Waals surface area contributed by atoms with Gasteiger partial charge in [-0.15, -0.1) is 0 Å². The molecule has 1 aliphatic rings. The fraction of sp³-hybridized carbons (Fsp3) is 0.188. The molecule has 2 aromatic rings. The van der Waals surface area contributed by atoms with Crippen LogP contribution in [0.5, 0.6) is 23.0 Å². The number of aliphatic hydroxyl groups is 1. The summed E-state index contributed by atoms with van der Waals surface area (Å²) in [6.45, 7) is 1.84. The molecule has 0 saturated heterocycles. The number of hydrogen-bond donors (Lipinski definition) is 1. The predicted molar refractivity (Wildman–Crippen MR) is 74.4 cm³/mol. The molecule has 0 unspecified atom stereocenters. The Balaban J connectivity index is 1.95. The highest BCUT2D eigenvalue weighted by Gasteiger charge is 2.16. The van der Waals surface area contributed by atoms with Gasteiger partial charge in [-0.25, -0.2) is 0 Å². The predicted octanol–water partition coefficient (Wildman–Crippen LogP) is 3.13. The summed E-state index contributed by atoms with van der Waals surface area (Å²) >= 11 is 0. The summed E-state index contributed by atoms with van der Waals surface area (Å²) in [5.41, 5.74) is 1.09. The zero-order valence-electron chi connectivity index (χ0n) is 11.4. The number of rotatable bonds is 3. The van der Waals surface area contributed by atoms with Crippen molar-refractivity contribution in [1.29, 1.82) is 5.26 Å². The molecule has 5 nitrogen and oxygen atoms in total. The number of aliphatic hydroxyl groups excluding tert-OH is 1. The zero-order valence-corrected chi connectivity index (χ0v) is 11.4. The van der Waals surface area contributed by atoms with Gasteiger partial charge in [0.2, 0.25) is 6.79 Å². The number of nitriles is 1. The molecule has 0 saturated carbocycles. The number of benzene rings is 2. The van der Waals surface area contributed by atoms with Crippen molar-refractivity contribution in [3.05, 3.63) is 47.5 Å². The van der Waals surface area contributed by atoms with E-state index in [0.29, 0.717) is 34.1 Å². The quantitative estimate of drug-likeness (QED) is 0.937. The Morgan fingerprint density at radius 1 is 1.19 bits per heavy atom. The van der Waals surface area contributed by atoms with Crippen molar-refractivity contribution in [3.8, 4) is 29.1 Å². The third-order valence-electron chi connectivity index (χ3n) is 3.16. The molecule has 2 aromatic carbocycles. The minimum Gasteiger partial charge on any atom is -0.457 e. The maximum absolute atomic E-state index is 9.79. The average molecular weight is 283 g/mol. The number of fused-ring (bicyclic) bond motifs is 1. The summed E-state index contributed by atoms with van der Waals surface area (Å²) < 4.78 is 16.3. The average Bonchev–Trinajstić information content (AvgIpc) is 2.94. The standard InChI is InChI=1S/C16H13NO4/c1-10(18)13-4-2-11(8-17)6-15(13)21-12-3-5-14-16(7-12)20-9-19-14/h2-7,10,18H,9H2,1H3/t10-/m0/s1. The molecule has 0 aromatic heterocycles. The molecule has 0 bridgehead atoms. The highest BCUT2D eigenvalue weighted by atomic mass is 16.7. The topological polar surface area (TPSA) is 71.7 Å². The summed E-state index contributed by atoms with van der Waals surface area (Å²) in [7, 11) is 0. The van der Waals surface area contributed by atoms with Crippen molar-refractivity contribution >= 4 is 0 Å². The molecule has 0 amide bonds.